The van der Waals surface area contributed by atoms with Gasteiger partial charge in [0.05, 0.1) is 28.1 Å². The van der Waals surface area contributed by atoms with Gasteiger partial charge in [-0.1, -0.05) is 115 Å². The highest BCUT2D eigenvalue weighted by Crippen LogP contribution is 2.35. The normalized spacial score (nSPS) is 11.5. The molecule has 214 valence electrons. The van der Waals surface area contributed by atoms with Crippen LogP contribution in [0.5, 0.6) is 0 Å². The number of benzene rings is 6. The number of hydrogen-bond donors (Lipinski definition) is 0. The fourth-order valence-electron chi connectivity index (χ4n) is 6.36. The van der Waals surface area contributed by atoms with Crippen LogP contribution in [-0.2, 0) is 0 Å². The zero-order valence-electron chi connectivity index (χ0n) is 24.7. The summed E-state index contributed by atoms with van der Waals surface area (Å²) in [5, 5.41) is 6.46. The SMILES string of the molecule is c1ccc(-c2ncnc3c2ccc2cc(-c4cccc(-c5nc(-c6ccccc6)c6ccc7ccccc7c6n5)n4)ccc23)cc1. The molecule has 0 saturated carbocycles. The number of rotatable bonds is 4. The third-order valence-electron chi connectivity index (χ3n) is 8.58. The molecule has 0 spiro atoms. The van der Waals surface area contributed by atoms with Gasteiger partial charge in [0.15, 0.2) is 5.82 Å². The van der Waals surface area contributed by atoms with Gasteiger partial charge in [-0.3, -0.25) is 0 Å². The van der Waals surface area contributed by atoms with Crippen molar-refractivity contribution in [2.75, 3.05) is 0 Å². The summed E-state index contributed by atoms with van der Waals surface area (Å²) in [6, 6.07) is 49.9. The largest absolute Gasteiger partial charge is 0.244 e. The molecular weight excluding hydrogens is 562 g/mol. The Balaban J connectivity index is 1.18. The minimum atomic E-state index is 0.599. The van der Waals surface area contributed by atoms with Gasteiger partial charge in [-0.2, -0.15) is 0 Å². The molecular formula is C41H25N5. The van der Waals surface area contributed by atoms with Crippen molar-refractivity contribution < 1.29 is 0 Å². The minimum Gasteiger partial charge on any atom is -0.244 e. The molecule has 0 atom stereocenters. The molecule has 46 heavy (non-hydrogen) atoms. The van der Waals surface area contributed by atoms with Gasteiger partial charge in [-0.15, -0.1) is 0 Å². The molecule has 0 aliphatic rings. The van der Waals surface area contributed by atoms with E-state index in [2.05, 4.69) is 101 Å². The van der Waals surface area contributed by atoms with Crippen molar-refractivity contribution in [1.82, 2.24) is 24.9 Å². The monoisotopic (exact) mass is 587 g/mol. The number of hydrogen-bond acceptors (Lipinski definition) is 5. The second-order valence-corrected chi connectivity index (χ2v) is 11.3. The lowest BCUT2D eigenvalue weighted by Crippen LogP contribution is -1.98. The summed E-state index contributed by atoms with van der Waals surface area (Å²) in [5.41, 5.74) is 8.40. The van der Waals surface area contributed by atoms with Crippen LogP contribution in [0.1, 0.15) is 0 Å². The lowest BCUT2D eigenvalue weighted by Gasteiger charge is -2.12. The molecule has 0 saturated heterocycles. The molecule has 0 radical (unpaired) electrons. The van der Waals surface area contributed by atoms with Gasteiger partial charge >= 0.3 is 0 Å². The predicted octanol–water partition coefficient (Wildman–Crippen LogP) is 9.94. The molecule has 9 aromatic rings. The van der Waals surface area contributed by atoms with Crippen molar-refractivity contribution in [2.45, 2.75) is 0 Å². The predicted molar refractivity (Wildman–Crippen MR) is 187 cm³/mol. The maximum absolute atomic E-state index is 5.12. The number of pyridine rings is 1. The third-order valence-corrected chi connectivity index (χ3v) is 8.58. The number of nitrogens with zero attached hydrogens (tertiary/aromatic N) is 5. The molecule has 0 aliphatic carbocycles. The molecule has 5 nitrogen and oxygen atoms in total. The number of aromatic nitrogens is 5. The van der Waals surface area contributed by atoms with Crippen LogP contribution in [0.4, 0.5) is 0 Å². The van der Waals surface area contributed by atoms with Crippen LogP contribution in [0.2, 0.25) is 0 Å². The van der Waals surface area contributed by atoms with E-state index in [9.17, 15) is 0 Å². The lowest BCUT2D eigenvalue weighted by molar-refractivity contribution is 1.18. The topological polar surface area (TPSA) is 64.5 Å². The van der Waals surface area contributed by atoms with E-state index in [1.165, 1.54) is 0 Å². The van der Waals surface area contributed by atoms with Crippen molar-refractivity contribution in [1.29, 1.82) is 0 Å². The zero-order chi connectivity index (χ0) is 30.5. The van der Waals surface area contributed by atoms with Crippen LogP contribution in [-0.4, -0.2) is 24.9 Å². The molecule has 0 bridgehead atoms. The Morgan fingerprint density at radius 2 is 1.00 bits per heavy atom. The maximum atomic E-state index is 5.12. The van der Waals surface area contributed by atoms with E-state index >= 15 is 0 Å². The zero-order valence-corrected chi connectivity index (χ0v) is 24.7. The van der Waals surface area contributed by atoms with Crippen LogP contribution >= 0.6 is 0 Å². The van der Waals surface area contributed by atoms with Gasteiger partial charge < -0.3 is 0 Å². The molecule has 0 N–H and O–H groups in total. The molecule has 3 heterocycles. The fraction of sp³-hybridized carbons (Fsp3) is 0. The Morgan fingerprint density at radius 1 is 0.348 bits per heavy atom. The van der Waals surface area contributed by atoms with Gasteiger partial charge in [-0.25, -0.2) is 24.9 Å². The Labute approximate surface area is 264 Å². The summed E-state index contributed by atoms with van der Waals surface area (Å²) in [5.74, 6) is 0.599. The van der Waals surface area contributed by atoms with Gasteiger partial charge in [0.25, 0.3) is 0 Å². The van der Waals surface area contributed by atoms with Crippen molar-refractivity contribution in [3.63, 3.8) is 0 Å². The Morgan fingerprint density at radius 3 is 1.83 bits per heavy atom. The average Bonchev–Trinajstić information content (AvgIpc) is 3.14. The highest BCUT2D eigenvalue weighted by atomic mass is 14.9. The molecule has 9 rings (SSSR count). The molecule has 6 aromatic carbocycles. The average molecular weight is 588 g/mol. The van der Waals surface area contributed by atoms with E-state index in [-0.39, 0.29) is 0 Å². The molecule has 0 fully saturated rings. The van der Waals surface area contributed by atoms with Crippen molar-refractivity contribution in [3.8, 4) is 45.3 Å². The summed E-state index contributed by atoms with van der Waals surface area (Å²) in [7, 11) is 0. The van der Waals surface area contributed by atoms with Crippen LogP contribution < -0.4 is 0 Å². The smallest absolute Gasteiger partial charge is 0.179 e. The van der Waals surface area contributed by atoms with E-state index in [1.807, 2.05) is 54.6 Å². The summed E-state index contributed by atoms with van der Waals surface area (Å²) in [6.45, 7) is 0. The second kappa shape index (κ2) is 10.7. The van der Waals surface area contributed by atoms with Gasteiger partial charge in [0.2, 0.25) is 0 Å². The maximum Gasteiger partial charge on any atom is 0.179 e. The van der Waals surface area contributed by atoms with E-state index < -0.39 is 0 Å². The first kappa shape index (κ1) is 26.1. The summed E-state index contributed by atoms with van der Waals surface area (Å²) < 4.78 is 0. The van der Waals surface area contributed by atoms with Crippen LogP contribution in [0, 0.1) is 0 Å². The van der Waals surface area contributed by atoms with Gasteiger partial charge in [0, 0.05) is 38.2 Å². The first-order chi connectivity index (χ1) is 22.8. The summed E-state index contributed by atoms with van der Waals surface area (Å²) >= 11 is 0. The lowest BCUT2D eigenvalue weighted by atomic mass is 9.99. The van der Waals surface area contributed by atoms with E-state index in [1.54, 1.807) is 6.33 Å². The molecule has 3 aromatic heterocycles. The summed E-state index contributed by atoms with van der Waals surface area (Å²) in [4.78, 5) is 24.6. The van der Waals surface area contributed by atoms with Crippen molar-refractivity contribution in [3.05, 3.63) is 152 Å². The van der Waals surface area contributed by atoms with E-state index in [0.29, 0.717) is 5.82 Å². The van der Waals surface area contributed by atoms with Crippen molar-refractivity contribution in [2.24, 2.45) is 0 Å². The van der Waals surface area contributed by atoms with Crippen molar-refractivity contribution >= 4 is 43.4 Å². The van der Waals surface area contributed by atoms with Gasteiger partial charge in [-0.05, 0) is 41.1 Å². The second-order valence-electron chi connectivity index (χ2n) is 11.3. The molecule has 5 heteroatoms. The first-order valence-corrected chi connectivity index (χ1v) is 15.3. The standard InChI is InChI=1S/C41H25N5/c1-3-11-27(12-4-1)37-33-23-19-29-24-30(20-21-32(29)39(33)43-25-42-37)35-16-9-17-36(44-35)41-45-38(28-13-5-2-6-14-28)34-22-18-26-10-7-8-15-31(26)40(34)46-41/h1-25H. The fourth-order valence-corrected chi connectivity index (χ4v) is 6.36. The van der Waals surface area contributed by atoms with Crippen LogP contribution in [0.15, 0.2) is 152 Å². The Kier molecular flexibility index (Phi) is 6.06. The minimum absolute atomic E-state index is 0.599. The van der Waals surface area contributed by atoms with Crippen LogP contribution in [0.25, 0.3) is 88.6 Å². The molecule has 0 unspecified atom stereocenters. The Bertz CT molecular complexity index is 2580. The summed E-state index contributed by atoms with van der Waals surface area (Å²) in [6.07, 6.45) is 1.65. The van der Waals surface area contributed by atoms with E-state index in [0.717, 1.165) is 82.8 Å². The third kappa shape index (κ3) is 4.37. The van der Waals surface area contributed by atoms with E-state index in [4.69, 9.17) is 15.0 Å². The highest BCUT2D eigenvalue weighted by molar-refractivity contribution is 6.11. The number of fused-ring (bicyclic) bond motifs is 6. The molecule has 0 aliphatic heterocycles. The molecule has 0 amide bonds. The quantitative estimate of drug-likeness (QED) is 0.192. The van der Waals surface area contributed by atoms with Crippen LogP contribution in [0.3, 0.4) is 0 Å². The van der Waals surface area contributed by atoms with Gasteiger partial charge in [0.1, 0.15) is 12.0 Å². The highest BCUT2D eigenvalue weighted by Gasteiger charge is 2.16. The Hall–Kier alpha value is -6.33. The first-order valence-electron chi connectivity index (χ1n) is 15.3.